The Kier molecular flexibility index (Phi) is 5.27. The van der Waals surface area contributed by atoms with Gasteiger partial charge in [-0.2, -0.15) is 0 Å². The van der Waals surface area contributed by atoms with Crippen LogP contribution in [0.2, 0.25) is 5.02 Å². The molecule has 7 heteroatoms. The molecule has 0 saturated heterocycles. The molecule has 0 amide bonds. The molecule has 4 nitrogen and oxygen atoms in total. The quantitative estimate of drug-likeness (QED) is 0.778. The first-order chi connectivity index (χ1) is 8.51. The second-order valence-corrected chi connectivity index (χ2v) is 3.68. The standard InChI is InChI=1S/C11H12ClF2NO3/c1-3-18-7(16)4-6-5-15-11(17-2)9(12)8(6)10(13)14/h5,10H,3-4H2,1-2H3. The van der Waals surface area contributed by atoms with Crippen LogP contribution in [0, 0.1) is 0 Å². The predicted molar refractivity (Wildman–Crippen MR) is 61.1 cm³/mol. The van der Waals surface area contributed by atoms with Gasteiger partial charge in [0.2, 0.25) is 5.88 Å². The molecule has 0 aromatic carbocycles. The third-order valence-corrected chi connectivity index (χ3v) is 2.52. The van der Waals surface area contributed by atoms with Crippen molar-refractivity contribution in [2.45, 2.75) is 19.8 Å². The largest absolute Gasteiger partial charge is 0.480 e. The Morgan fingerprint density at radius 2 is 2.22 bits per heavy atom. The second-order valence-electron chi connectivity index (χ2n) is 3.30. The van der Waals surface area contributed by atoms with Gasteiger partial charge in [-0.3, -0.25) is 4.79 Å². The Balaban J connectivity index is 3.11. The fourth-order valence-corrected chi connectivity index (χ4v) is 1.74. The lowest BCUT2D eigenvalue weighted by Crippen LogP contribution is -2.10. The maximum atomic E-state index is 12.9. The zero-order valence-corrected chi connectivity index (χ0v) is 10.6. The Bertz CT molecular complexity index is 441. The van der Waals surface area contributed by atoms with Crippen LogP contribution >= 0.6 is 11.6 Å². The number of pyridine rings is 1. The van der Waals surface area contributed by atoms with Crippen molar-refractivity contribution in [3.63, 3.8) is 0 Å². The first-order valence-corrected chi connectivity index (χ1v) is 5.54. The summed E-state index contributed by atoms with van der Waals surface area (Å²) in [6.45, 7) is 1.81. The molecular weight excluding hydrogens is 268 g/mol. The van der Waals surface area contributed by atoms with Crippen molar-refractivity contribution < 1.29 is 23.0 Å². The van der Waals surface area contributed by atoms with Gasteiger partial charge in [-0.25, -0.2) is 13.8 Å². The third-order valence-electron chi connectivity index (χ3n) is 2.16. The summed E-state index contributed by atoms with van der Waals surface area (Å²) in [5.74, 6) is -0.706. The number of carbonyl (C=O) groups excluding carboxylic acids is 1. The van der Waals surface area contributed by atoms with Gasteiger partial charge in [-0.05, 0) is 12.5 Å². The average molecular weight is 280 g/mol. The fourth-order valence-electron chi connectivity index (χ4n) is 1.41. The van der Waals surface area contributed by atoms with E-state index >= 15 is 0 Å². The van der Waals surface area contributed by atoms with E-state index in [0.29, 0.717) is 0 Å². The SMILES string of the molecule is CCOC(=O)Cc1cnc(OC)c(Cl)c1C(F)F. The van der Waals surface area contributed by atoms with Crippen molar-refractivity contribution in [1.82, 2.24) is 4.98 Å². The highest BCUT2D eigenvalue weighted by molar-refractivity contribution is 6.32. The number of hydrogen-bond acceptors (Lipinski definition) is 4. The van der Waals surface area contributed by atoms with Gasteiger partial charge >= 0.3 is 5.97 Å². The predicted octanol–water partition coefficient (Wildman–Crippen LogP) is 2.79. The summed E-state index contributed by atoms with van der Waals surface area (Å²) in [6, 6.07) is 0. The van der Waals surface area contributed by atoms with Crippen LogP contribution in [0.5, 0.6) is 5.88 Å². The van der Waals surface area contributed by atoms with E-state index in [2.05, 4.69) is 4.98 Å². The van der Waals surface area contributed by atoms with Crippen molar-refractivity contribution in [1.29, 1.82) is 0 Å². The molecule has 100 valence electrons. The molecule has 1 heterocycles. The third kappa shape index (κ3) is 3.29. The average Bonchev–Trinajstić information content (AvgIpc) is 2.29. The number of aromatic nitrogens is 1. The summed E-state index contributed by atoms with van der Waals surface area (Å²) >= 11 is 5.75. The summed E-state index contributed by atoms with van der Waals surface area (Å²) in [4.78, 5) is 15.0. The highest BCUT2D eigenvalue weighted by atomic mass is 35.5. The van der Waals surface area contributed by atoms with Crippen LogP contribution in [-0.4, -0.2) is 24.7 Å². The van der Waals surface area contributed by atoms with Crippen molar-refractivity contribution in [3.8, 4) is 5.88 Å². The second kappa shape index (κ2) is 6.49. The van der Waals surface area contributed by atoms with Crippen LogP contribution in [0.1, 0.15) is 24.5 Å². The molecule has 18 heavy (non-hydrogen) atoms. The maximum absolute atomic E-state index is 12.9. The molecule has 0 atom stereocenters. The summed E-state index contributed by atoms with van der Waals surface area (Å²) in [7, 11) is 1.27. The number of methoxy groups -OCH3 is 1. The summed E-state index contributed by atoms with van der Waals surface area (Å²) < 4.78 is 35.3. The van der Waals surface area contributed by atoms with Gasteiger partial charge in [-0.1, -0.05) is 11.6 Å². The summed E-state index contributed by atoms with van der Waals surface area (Å²) in [5.41, 5.74) is -0.411. The molecule has 0 saturated carbocycles. The minimum Gasteiger partial charge on any atom is -0.480 e. The van der Waals surface area contributed by atoms with Gasteiger partial charge in [0.1, 0.15) is 5.02 Å². The molecule has 0 N–H and O–H groups in total. The van der Waals surface area contributed by atoms with E-state index in [1.54, 1.807) is 6.92 Å². The van der Waals surface area contributed by atoms with Crippen molar-refractivity contribution in [3.05, 3.63) is 22.3 Å². The Morgan fingerprint density at radius 3 is 2.72 bits per heavy atom. The number of rotatable bonds is 5. The molecule has 0 aliphatic carbocycles. The molecule has 1 rings (SSSR count). The molecular formula is C11H12ClF2NO3. The van der Waals surface area contributed by atoms with E-state index in [4.69, 9.17) is 21.1 Å². The number of nitrogens with zero attached hydrogens (tertiary/aromatic N) is 1. The van der Waals surface area contributed by atoms with Gasteiger partial charge in [0.25, 0.3) is 6.43 Å². The molecule has 0 bridgehead atoms. The lowest BCUT2D eigenvalue weighted by atomic mass is 10.1. The van der Waals surface area contributed by atoms with Gasteiger partial charge in [0, 0.05) is 11.8 Å². The molecule has 0 fully saturated rings. The Labute approximate surface area is 108 Å². The number of hydrogen-bond donors (Lipinski definition) is 0. The first kappa shape index (κ1) is 14.6. The van der Waals surface area contributed by atoms with E-state index in [9.17, 15) is 13.6 Å². The smallest absolute Gasteiger partial charge is 0.310 e. The maximum Gasteiger partial charge on any atom is 0.310 e. The van der Waals surface area contributed by atoms with E-state index in [0.717, 1.165) is 6.20 Å². The normalized spacial score (nSPS) is 10.6. The summed E-state index contributed by atoms with van der Waals surface area (Å²) in [6.07, 6.45) is -1.98. The first-order valence-electron chi connectivity index (χ1n) is 5.16. The van der Waals surface area contributed by atoms with E-state index in [-0.39, 0.29) is 29.5 Å². The number of alkyl halides is 2. The van der Waals surface area contributed by atoms with Crippen LogP contribution in [0.4, 0.5) is 8.78 Å². The van der Waals surface area contributed by atoms with E-state index in [1.807, 2.05) is 0 Å². The van der Waals surface area contributed by atoms with Gasteiger partial charge in [-0.15, -0.1) is 0 Å². The topological polar surface area (TPSA) is 48.4 Å². The zero-order chi connectivity index (χ0) is 13.7. The monoisotopic (exact) mass is 279 g/mol. The van der Waals surface area contributed by atoms with Crippen molar-refractivity contribution in [2.24, 2.45) is 0 Å². The van der Waals surface area contributed by atoms with E-state index in [1.165, 1.54) is 7.11 Å². The summed E-state index contributed by atoms with van der Waals surface area (Å²) in [5, 5.41) is -0.283. The highest BCUT2D eigenvalue weighted by Crippen LogP contribution is 2.35. The number of carbonyl (C=O) groups is 1. The molecule has 0 spiro atoms. The minimum atomic E-state index is -2.82. The van der Waals surface area contributed by atoms with Crippen LogP contribution < -0.4 is 4.74 Å². The van der Waals surface area contributed by atoms with Crippen molar-refractivity contribution in [2.75, 3.05) is 13.7 Å². The van der Waals surface area contributed by atoms with Crippen LogP contribution in [0.3, 0.4) is 0 Å². The van der Waals surface area contributed by atoms with Crippen LogP contribution in [0.25, 0.3) is 0 Å². The fraction of sp³-hybridized carbons (Fsp3) is 0.455. The molecule has 0 aliphatic heterocycles. The minimum absolute atomic E-state index is 0.0363. The highest BCUT2D eigenvalue weighted by Gasteiger charge is 2.23. The Hall–Kier alpha value is -1.43. The lowest BCUT2D eigenvalue weighted by molar-refractivity contribution is -0.142. The van der Waals surface area contributed by atoms with Crippen molar-refractivity contribution >= 4 is 17.6 Å². The van der Waals surface area contributed by atoms with Crippen LogP contribution in [0.15, 0.2) is 6.20 Å². The van der Waals surface area contributed by atoms with Gasteiger partial charge < -0.3 is 9.47 Å². The lowest BCUT2D eigenvalue weighted by Gasteiger charge is -2.12. The molecule has 1 aromatic rings. The number of esters is 1. The Morgan fingerprint density at radius 1 is 1.56 bits per heavy atom. The number of halogens is 3. The van der Waals surface area contributed by atoms with E-state index < -0.39 is 18.0 Å². The zero-order valence-electron chi connectivity index (χ0n) is 9.87. The number of ether oxygens (including phenoxy) is 2. The molecule has 0 radical (unpaired) electrons. The van der Waals surface area contributed by atoms with Gasteiger partial charge in [0.05, 0.1) is 20.1 Å². The molecule has 0 aliphatic rings. The molecule has 0 unspecified atom stereocenters. The van der Waals surface area contributed by atoms with Crippen LogP contribution in [-0.2, 0) is 16.0 Å². The molecule has 1 aromatic heterocycles. The van der Waals surface area contributed by atoms with Gasteiger partial charge in [0.15, 0.2) is 0 Å².